The SMILES string of the molecule is CNC(=O)c1cccc(NC(C)c2ccc(Br)cc2)c1C. The number of amides is 1. The maximum absolute atomic E-state index is 11.8. The molecule has 3 nitrogen and oxygen atoms in total. The summed E-state index contributed by atoms with van der Waals surface area (Å²) in [6, 6.07) is 14.1. The summed E-state index contributed by atoms with van der Waals surface area (Å²) in [6.07, 6.45) is 0. The number of hydrogen-bond donors (Lipinski definition) is 2. The lowest BCUT2D eigenvalue weighted by molar-refractivity contribution is 0.0962. The molecule has 2 N–H and O–H groups in total. The highest BCUT2D eigenvalue weighted by atomic mass is 79.9. The van der Waals surface area contributed by atoms with Crippen molar-refractivity contribution in [1.82, 2.24) is 5.32 Å². The molecule has 21 heavy (non-hydrogen) atoms. The van der Waals surface area contributed by atoms with Gasteiger partial charge in [-0.3, -0.25) is 4.79 Å². The van der Waals surface area contributed by atoms with Gasteiger partial charge in [0.2, 0.25) is 0 Å². The van der Waals surface area contributed by atoms with Gasteiger partial charge in [-0.25, -0.2) is 0 Å². The first-order chi connectivity index (χ1) is 10.0. The third kappa shape index (κ3) is 3.64. The number of carbonyl (C=O) groups excluding carboxylic acids is 1. The van der Waals surface area contributed by atoms with Crippen LogP contribution in [-0.4, -0.2) is 13.0 Å². The number of anilines is 1. The van der Waals surface area contributed by atoms with Gasteiger partial charge in [-0.15, -0.1) is 0 Å². The first kappa shape index (κ1) is 15.6. The van der Waals surface area contributed by atoms with Crippen LogP contribution in [0.25, 0.3) is 0 Å². The summed E-state index contributed by atoms with van der Waals surface area (Å²) < 4.78 is 1.07. The van der Waals surface area contributed by atoms with E-state index >= 15 is 0 Å². The third-order valence-corrected chi connectivity index (χ3v) is 4.08. The molecular formula is C17H19BrN2O. The highest BCUT2D eigenvalue weighted by molar-refractivity contribution is 9.10. The Morgan fingerprint density at radius 2 is 1.81 bits per heavy atom. The van der Waals surface area contributed by atoms with Crippen molar-refractivity contribution < 1.29 is 4.79 Å². The minimum absolute atomic E-state index is 0.0626. The molecule has 2 aromatic carbocycles. The van der Waals surface area contributed by atoms with Crippen molar-refractivity contribution in [2.24, 2.45) is 0 Å². The minimum atomic E-state index is -0.0626. The average molecular weight is 347 g/mol. The van der Waals surface area contributed by atoms with E-state index in [2.05, 4.69) is 45.6 Å². The van der Waals surface area contributed by atoms with Crippen molar-refractivity contribution in [2.45, 2.75) is 19.9 Å². The lowest BCUT2D eigenvalue weighted by Crippen LogP contribution is -2.19. The average Bonchev–Trinajstić information content (AvgIpc) is 2.49. The van der Waals surface area contributed by atoms with Crippen molar-refractivity contribution >= 4 is 27.5 Å². The Morgan fingerprint density at radius 1 is 1.14 bits per heavy atom. The van der Waals surface area contributed by atoms with Crippen molar-refractivity contribution in [2.75, 3.05) is 12.4 Å². The molecule has 110 valence electrons. The molecule has 2 rings (SSSR count). The van der Waals surface area contributed by atoms with Crippen LogP contribution in [0.1, 0.15) is 34.5 Å². The van der Waals surface area contributed by atoms with Gasteiger partial charge in [0.25, 0.3) is 5.91 Å². The smallest absolute Gasteiger partial charge is 0.251 e. The zero-order chi connectivity index (χ0) is 15.4. The van der Waals surface area contributed by atoms with Crippen molar-refractivity contribution in [3.63, 3.8) is 0 Å². The fourth-order valence-electron chi connectivity index (χ4n) is 2.24. The first-order valence-electron chi connectivity index (χ1n) is 6.86. The number of hydrogen-bond acceptors (Lipinski definition) is 2. The largest absolute Gasteiger partial charge is 0.378 e. The van der Waals surface area contributed by atoms with Gasteiger partial charge in [0, 0.05) is 28.8 Å². The van der Waals surface area contributed by atoms with Crippen molar-refractivity contribution in [3.05, 3.63) is 63.6 Å². The molecule has 1 atom stereocenters. The molecule has 1 unspecified atom stereocenters. The predicted octanol–water partition coefficient (Wildman–Crippen LogP) is 4.29. The Morgan fingerprint density at radius 3 is 2.43 bits per heavy atom. The molecule has 0 radical (unpaired) electrons. The van der Waals surface area contributed by atoms with E-state index in [0.717, 1.165) is 15.7 Å². The van der Waals surface area contributed by atoms with Gasteiger partial charge in [-0.05, 0) is 49.2 Å². The third-order valence-electron chi connectivity index (χ3n) is 3.55. The Bertz CT molecular complexity index is 638. The van der Waals surface area contributed by atoms with E-state index in [0.29, 0.717) is 5.56 Å². The molecule has 0 heterocycles. The van der Waals surface area contributed by atoms with Crippen LogP contribution in [0.5, 0.6) is 0 Å². The monoisotopic (exact) mass is 346 g/mol. The molecule has 2 aromatic rings. The second-order valence-electron chi connectivity index (χ2n) is 4.97. The summed E-state index contributed by atoms with van der Waals surface area (Å²) in [7, 11) is 1.65. The standard InChI is InChI=1S/C17H19BrN2O/c1-11-15(17(21)19-3)5-4-6-16(11)20-12(2)13-7-9-14(18)10-8-13/h4-10,12,20H,1-3H3,(H,19,21). The molecule has 0 bridgehead atoms. The minimum Gasteiger partial charge on any atom is -0.378 e. The Balaban J connectivity index is 2.23. The van der Waals surface area contributed by atoms with Gasteiger partial charge in [-0.2, -0.15) is 0 Å². The van der Waals surface area contributed by atoms with Gasteiger partial charge < -0.3 is 10.6 Å². The topological polar surface area (TPSA) is 41.1 Å². The van der Waals surface area contributed by atoms with Gasteiger partial charge in [0.15, 0.2) is 0 Å². The van der Waals surface area contributed by atoms with Crippen LogP contribution in [0, 0.1) is 6.92 Å². The molecule has 4 heteroatoms. The van der Waals surface area contributed by atoms with E-state index < -0.39 is 0 Å². The fraction of sp³-hybridized carbons (Fsp3) is 0.235. The van der Waals surface area contributed by atoms with Gasteiger partial charge in [-0.1, -0.05) is 34.1 Å². The first-order valence-corrected chi connectivity index (χ1v) is 7.66. The number of benzene rings is 2. The van der Waals surface area contributed by atoms with E-state index in [-0.39, 0.29) is 11.9 Å². The summed E-state index contributed by atoms with van der Waals surface area (Å²) in [5.74, 6) is -0.0626. The van der Waals surface area contributed by atoms with Crippen LogP contribution >= 0.6 is 15.9 Å². The van der Waals surface area contributed by atoms with Crippen LogP contribution < -0.4 is 10.6 Å². The molecular weight excluding hydrogens is 328 g/mol. The summed E-state index contributed by atoms with van der Waals surface area (Å²) in [5, 5.41) is 6.14. The lowest BCUT2D eigenvalue weighted by Gasteiger charge is -2.19. The Kier molecular flexibility index (Phi) is 5.02. The molecule has 0 saturated carbocycles. The van der Waals surface area contributed by atoms with Crippen molar-refractivity contribution in [3.8, 4) is 0 Å². The molecule has 1 amide bonds. The zero-order valence-corrected chi connectivity index (χ0v) is 14.0. The fourth-order valence-corrected chi connectivity index (χ4v) is 2.51. The number of halogens is 1. The summed E-state index contributed by atoms with van der Waals surface area (Å²) in [5.41, 5.74) is 3.83. The van der Waals surface area contributed by atoms with Gasteiger partial charge in [0.1, 0.15) is 0 Å². The molecule has 0 aromatic heterocycles. The van der Waals surface area contributed by atoms with E-state index in [1.165, 1.54) is 5.56 Å². The second-order valence-corrected chi connectivity index (χ2v) is 5.89. The maximum Gasteiger partial charge on any atom is 0.251 e. The molecule has 0 aliphatic carbocycles. The number of nitrogens with one attached hydrogen (secondary N) is 2. The van der Waals surface area contributed by atoms with E-state index in [1.807, 2.05) is 37.3 Å². The highest BCUT2D eigenvalue weighted by Gasteiger charge is 2.12. The van der Waals surface area contributed by atoms with Crippen LogP contribution in [0.15, 0.2) is 46.9 Å². The van der Waals surface area contributed by atoms with Gasteiger partial charge >= 0.3 is 0 Å². The van der Waals surface area contributed by atoms with Crippen LogP contribution in [0.4, 0.5) is 5.69 Å². The summed E-state index contributed by atoms with van der Waals surface area (Å²) >= 11 is 3.44. The van der Waals surface area contributed by atoms with Crippen LogP contribution in [0.2, 0.25) is 0 Å². The lowest BCUT2D eigenvalue weighted by atomic mass is 10.0. The Hall–Kier alpha value is -1.81. The highest BCUT2D eigenvalue weighted by Crippen LogP contribution is 2.25. The van der Waals surface area contributed by atoms with Crippen LogP contribution in [-0.2, 0) is 0 Å². The van der Waals surface area contributed by atoms with Crippen molar-refractivity contribution in [1.29, 1.82) is 0 Å². The molecule has 0 fully saturated rings. The van der Waals surface area contributed by atoms with Crippen LogP contribution in [0.3, 0.4) is 0 Å². The molecule has 0 spiro atoms. The molecule has 0 saturated heterocycles. The second kappa shape index (κ2) is 6.76. The number of rotatable bonds is 4. The van der Waals surface area contributed by atoms with E-state index in [9.17, 15) is 4.79 Å². The van der Waals surface area contributed by atoms with E-state index in [4.69, 9.17) is 0 Å². The van der Waals surface area contributed by atoms with Gasteiger partial charge in [0.05, 0.1) is 0 Å². The molecule has 0 aliphatic heterocycles. The number of carbonyl (C=O) groups is 1. The summed E-state index contributed by atoms with van der Waals surface area (Å²) in [4.78, 5) is 11.8. The predicted molar refractivity (Wildman–Crippen MR) is 90.7 cm³/mol. The molecule has 0 aliphatic rings. The summed E-state index contributed by atoms with van der Waals surface area (Å²) in [6.45, 7) is 4.07. The Labute approximate surface area is 133 Å². The normalized spacial score (nSPS) is 11.8. The quantitative estimate of drug-likeness (QED) is 0.866. The van der Waals surface area contributed by atoms with E-state index in [1.54, 1.807) is 7.05 Å². The zero-order valence-electron chi connectivity index (χ0n) is 12.4. The maximum atomic E-state index is 11.8.